The van der Waals surface area contributed by atoms with Crippen LogP contribution in [0.25, 0.3) is 11.4 Å². The highest BCUT2D eigenvalue weighted by atomic mass is 32.2. The number of hydrogen-bond acceptors (Lipinski definition) is 9. The van der Waals surface area contributed by atoms with Gasteiger partial charge in [-0.25, -0.2) is 0 Å². The van der Waals surface area contributed by atoms with Gasteiger partial charge in [0.05, 0.1) is 5.75 Å². The molecule has 9 nitrogen and oxygen atoms in total. The lowest BCUT2D eigenvalue weighted by atomic mass is 10.2. The quantitative estimate of drug-likeness (QED) is 0.656. The lowest BCUT2D eigenvalue weighted by Crippen LogP contribution is -2.16. The van der Waals surface area contributed by atoms with Crippen molar-refractivity contribution in [3.63, 3.8) is 0 Å². The Morgan fingerprint density at radius 3 is 2.56 bits per heavy atom. The highest BCUT2D eigenvalue weighted by Crippen LogP contribution is 2.25. The molecule has 3 heterocycles. The molecule has 0 unspecified atom stereocenters. The normalized spacial score (nSPS) is 10.8. The van der Waals surface area contributed by atoms with Crippen molar-refractivity contribution in [2.45, 2.75) is 24.4 Å². The van der Waals surface area contributed by atoms with E-state index < -0.39 is 0 Å². The molecule has 0 amide bonds. The van der Waals surface area contributed by atoms with Crippen LogP contribution < -0.4 is 10.6 Å². The third kappa shape index (κ3) is 3.85. The highest BCUT2D eigenvalue weighted by Gasteiger charge is 2.14. The summed E-state index contributed by atoms with van der Waals surface area (Å²) in [7, 11) is 3.72. The van der Waals surface area contributed by atoms with Gasteiger partial charge in [-0.05, 0) is 19.1 Å². The Labute approximate surface area is 149 Å². The maximum absolute atomic E-state index is 5.77. The molecule has 0 spiro atoms. The second-order valence-electron chi connectivity index (χ2n) is 5.38. The minimum Gasteiger partial charge on any atom is -0.368 e. The number of anilines is 2. The molecule has 3 aromatic heterocycles. The van der Waals surface area contributed by atoms with Crippen LogP contribution in [0.5, 0.6) is 0 Å². The number of aromatic nitrogens is 7. The topological polar surface area (TPSA) is 112 Å². The monoisotopic (exact) mass is 357 g/mol. The molecular formula is C15H19N9S. The summed E-state index contributed by atoms with van der Waals surface area (Å²) in [5.74, 6) is 2.71. The van der Waals surface area contributed by atoms with E-state index in [-0.39, 0.29) is 5.95 Å². The van der Waals surface area contributed by atoms with Crippen molar-refractivity contribution >= 4 is 23.7 Å². The van der Waals surface area contributed by atoms with Crippen molar-refractivity contribution in [2.24, 2.45) is 0 Å². The van der Waals surface area contributed by atoms with Crippen molar-refractivity contribution in [1.82, 2.24) is 34.7 Å². The van der Waals surface area contributed by atoms with E-state index in [2.05, 4.69) is 41.6 Å². The van der Waals surface area contributed by atoms with Crippen LogP contribution in [0.1, 0.15) is 12.7 Å². The van der Waals surface area contributed by atoms with E-state index in [1.165, 1.54) is 11.8 Å². The molecule has 0 saturated carbocycles. The number of pyridine rings is 1. The summed E-state index contributed by atoms with van der Waals surface area (Å²) in [5, 5.41) is 9.42. The fourth-order valence-corrected chi connectivity index (χ4v) is 3.07. The van der Waals surface area contributed by atoms with Gasteiger partial charge >= 0.3 is 0 Å². The maximum atomic E-state index is 5.77. The fourth-order valence-electron chi connectivity index (χ4n) is 2.21. The van der Waals surface area contributed by atoms with E-state index in [1.54, 1.807) is 17.3 Å². The molecule has 3 rings (SSSR count). The van der Waals surface area contributed by atoms with Gasteiger partial charge in [0.2, 0.25) is 11.9 Å². The molecular weight excluding hydrogens is 338 g/mol. The smallest absolute Gasteiger partial charge is 0.229 e. The molecule has 0 aliphatic rings. The number of nitrogens with zero attached hydrogens (tertiary/aromatic N) is 8. The number of nitrogens with two attached hydrogens (primary N) is 1. The number of nitrogen functional groups attached to an aromatic ring is 1. The van der Waals surface area contributed by atoms with E-state index in [4.69, 9.17) is 5.73 Å². The summed E-state index contributed by atoms with van der Waals surface area (Å²) >= 11 is 1.52. The van der Waals surface area contributed by atoms with Crippen LogP contribution in [0.3, 0.4) is 0 Å². The molecule has 0 bridgehead atoms. The third-order valence-electron chi connectivity index (χ3n) is 3.39. The zero-order chi connectivity index (χ0) is 17.8. The zero-order valence-electron chi connectivity index (χ0n) is 14.3. The van der Waals surface area contributed by atoms with E-state index in [0.717, 1.165) is 23.1 Å². The van der Waals surface area contributed by atoms with E-state index >= 15 is 0 Å². The van der Waals surface area contributed by atoms with Gasteiger partial charge in [-0.15, -0.1) is 10.2 Å². The predicted octanol–water partition coefficient (Wildman–Crippen LogP) is 1.49. The van der Waals surface area contributed by atoms with Gasteiger partial charge < -0.3 is 15.2 Å². The molecule has 0 aliphatic heterocycles. The van der Waals surface area contributed by atoms with Gasteiger partial charge in [-0.3, -0.25) is 4.98 Å². The van der Waals surface area contributed by atoms with Gasteiger partial charge in [-0.2, -0.15) is 15.0 Å². The van der Waals surface area contributed by atoms with Crippen molar-refractivity contribution in [1.29, 1.82) is 0 Å². The van der Waals surface area contributed by atoms with Crippen LogP contribution >= 0.6 is 11.8 Å². The van der Waals surface area contributed by atoms with Gasteiger partial charge in [0.1, 0.15) is 5.82 Å². The summed E-state index contributed by atoms with van der Waals surface area (Å²) in [4.78, 5) is 18.5. The van der Waals surface area contributed by atoms with E-state index in [9.17, 15) is 0 Å². The van der Waals surface area contributed by atoms with Gasteiger partial charge in [0.15, 0.2) is 11.0 Å². The number of rotatable bonds is 6. The molecule has 10 heteroatoms. The van der Waals surface area contributed by atoms with Crippen LogP contribution in [0.4, 0.5) is 11.9 Å². The average molecular weight is 357 g/mol. The van der Waals surface area contributed by atoms with E-state index in [1.807, 2.05) is 26.2 Å². The molecule has 0 aromatic carbocycles. The maximum Gasteiger partial charge on any atom is 0.229 e. The first-order valence-electron chi connectivity index (χ1n) is 7.72. The van der Waals surface area contributed by atoms with Crippen LogP contribution in [0.15, 0.2) is 29.7 Å². The number of hydrogen-bond donors (Lipinski definition) is 1. The van der Waals surface area contributed by atoms with Crippen molar-refractivity contribution in [3.8, 4) is 11.4 Å². The van der Waals surface area contributed by atoms with Crippen molar-refractivity contribution < 1.29 is 0 Å². The predicted molar refractivity (Wildman–Crippen MR) is 97.1 cm³/mol. The average Bonchev–Trinajstić information content (AvgIpc) is 3.03. The third-order valence-corrected chi connectivity index (χ3v) is 4.35. The minimum absolute atomic E-state index is 0.212. The zero-order valence-corrected chi connectivity index (χ0v) is 15.1. The molecule has 2 N–H and O–H groups in total. The Morgan fingerprint density at radius 2 is 1.88 bits per heavy atom. The second-order valence-corrected chi connectivity index (χ2v) is 6.32. The van der Waals surface area contributed by atoms with Crippen LogP contribution in [0.2, 0.25) is 0 Å². The molecule has 0 fully saturated rings. The SMILES string of the molecule is CCn1c(SCc2nc(N)nc(N(C)C)n2)nnc1-c1ccncc1. The van der Waals surface area contributed by atoms with Crippen LogP contribution in [-0.4, -0.2) is 48.8 Å². The van der Waals surface area contributed by atoms with Gasteiger partial charge in [-0.1, -0.05) is 11.8 Å². The first-order valence-corrected chi connectivity index (χ1v) is 8.71. The van der Waals surface area contributed by atoms with Crippen molar-refractivity contribution in [3.05, 3.63) is 30.4 Å². The highest BCUT2D eigenvalue weighted by molar-refractivity contribution is 7.98. The fraction of sp³-hybridized carbons (Fsp3) is 0.333. The lowest BCUT2D eigenvalue weighted by molar-refractivity contribution is 0.687. The summed E-state index contributed by atoms with van der Waals surface area (Å²) < 4.78 is 2.05. The molecule has 0 saturated heterocycles. The number of thioether (sulfide) groups is 1. The van der Waals surface area contributed by atoms with Gasteiger partial charge in [0, 0.05) is 38.6 Å². The van der Waals surface area contributed by atoms with Crippen LogP contribution in [-0.2, 0) is 12.3 Å². The molecule has 130 valence electrons. The Balaban J connectivity index is 1.82. The Bertz CT molecular complexity index is 847. The largest absolute Gasteiger partial charge is 0.368 e. The summed E-state index contributed by atoms with van der Waals surface area (Å²) in [6.45, 7) is 2.82. The summed E-state index contributed by atoms with van der Waals surface area (Å²) in [6, 6.07) is 3.83. The molecule has 0 atom stereocenters. The Morgan fingerprint density at radius 1 is 1.12 bits per heavy atom. The standard InChI is InChI=1S/C15H19N9S/c1-4-24-12(10-5-7-17-8-6-10)21-22-15(24)25-9-11-18-13(16)20-14(19-11)23(2)3/h5-8H,4,9H2,1-3H3,(H2,16,18,19,20). The Hall–Kier alpha value is -2.75. The molecule has 25 heavy (non-hydrogen) atoms. The first-order chi connectivity index (χ1) is 12.1. The first kappa shape index (κ1) is 17.1. The second kappa shape index (κ2) is 7.43. The molecule has 0 radical (unpaired) electrons. The van der Waals surface area contributed by atoms with E-state index in [0.29, 0.717) is 17.5 Å². The minimum atomic E-state index is 0.212. The summed E-state index contributed by atoms with van der Waals surface area (Å²) in [6.07, 6.45) is 3.49. The summed E-state index contributed by atoms with van der Waals surface area (Å²) in [5.41, 5.74) is 6.75. The molecule has 3 aromatic rings. The van der Waals surface area contributed by atoms with Crippen molar-refractivity contribution in [2.75, 3.05) is 24.7 Å². The Kier molecular flexibility index (Phi) is 5.08. The molecule has 0 aliphatic carbocycles. The van der Waals surface area contributed by atoms with Crippen LogP contribution in [0, 0.1) is 0 Å². The van der Waals surface area contributed by atoms with Gasteiger partial charge in [0.25, 0.3) is 0 Å². The lowest BCUT2D eigenvalue weighted by Gasteiger charge is -2.11.